The average molecular weight is 484 g/mol. The van der Waals surface area contributed by atoms with Crippen LogP contribution in [0, 0.1) is 0 Å². The summed E-state index contributed by atoms with van der Waals surface area (Å²) < 4.78 is 34.1. The van der Waals surface area contributed by atoms with E-state index in [9.17, 15) is 22.4 Å². The van der Waals surface area contributed by atoms with Crippen LogP contribution in [0.4, 0.5) is 10.1 Å². The lowest BCUT2D eigenvalue weighted by Gasteiger charge is -2.38. The fourth-order valence-electron chi connectivity index (χ4n) is 3.91. The maximum atomic E-state index is 12.6. The molecule has 0 aromatic carbocycles. The molecule has 1 aromatic heterocycles. The van der Waals surface area contributed by atoms with Crippen LogP contribution in [0.2, 0.25) is 0 Å². The lowest BCUT2D eigenvalue weighted by atomic mass is 9.90. The second kappa shape index (κ2) is 13.2. The number of carbonyl (C=O) groups is 2. The van der Waals surface area contributed by atoms with Crippen molar-refractivity contribution < 1.29 is 22.4 Å². The number of halogens is 1. The molecule has 3 rings (SSSR count). The Hall–Kier alpha value is -2.53. The number of H-pyrrole nitrogens is 1. The molecule has 11 heteroatoms. The number of amides is 2. The maximum absolute atomic E-state index is 12.6. The van der Waals surface area contributed by atoms with E-state index in [1.54, 1.807) is 13.0 Å². The van der Waals surface area contributed by atoms with Crippen LogP contribution in [0.5, 0.6) is 0 Å². The molecule has 0 unspecified atom stereocenters. The van der Waals surface area contributed by atoms with E-state index in [1.165, 1.54) is 18.3 Å². The molecule has 0 spiro atoms. The highest BCUT2D eigenvalue weighted by Crippen LogP contribution is 2.25. The predicted molar refractivity (Wildman–Crippen MR) is 127 cm³/mol. The second-order valence-electron chi connectivity index (χ2n) is 8.09. The van der Waals surface area contributed by atoms with Gasteiger partial charge in [0.1, 0.15) is 12.4 Å². The molecular formula is C22H34FN5O4S. The Balaban J connectivity index is 0.000000696. The summed E-state index contributed by atoms with van der Waals surface area (Å²) in [4.78, 5) is 26.5. The number of nitrogens with one attached hydrogen (secondary N) is 3. The third kappa shape index (κ3) is 8.73. The Morgan fingerprint density at radius 1 is 1.27 bits per heavy atom. The van der Waals surface area contributed by atoms with E-state index >= 15 is 0 Å². The van der Waals surface area contributed by atoms with Crippen molar-refractivity contribution in [2.75, 3.05) is 36.6 Å². The van der Waals surface area contributed by atoms with Crippen molar-refractivity contribution >= 4 is 27.3 Å². The molecule has 0 bridgehead atoms. The van der Waals surface area contributed by atoms with Crippen LogP contribution in [0.15, 0.2) is 31.0 Å². The van der Waals surface area contributed by atoms with Gasteiger partial charge in [0.15, 0.2) is 9.84 Å². The van der Waals surface area contributed by atoms with Crippen molar-refractivity contribution in [3.05, 3.63) is 36.7 Å². The minimum atomic E-state index is -2.87. The van der Waals surface area contributed by atoms with Gasteiger partial charge in [-0.1, -0.05) is 18.2 Å². The summed E-state index contributed by atoms with van der Waals surface area (Å²) in [5.74, 6) is -0.0679. The summed E-state index contributed by atoms with van der Waals surface area (Å²) in [6.07, 6.45) is 9.74. The van der Waals surface area contributed by atoms with Gasteiger partial charge in [-0.2, -0.15) is 5.10 Å². The first-order valence-electron chi connectivity index (χ1n) is 11.2. The van der Waals surface area contributed by atoms with E-state index in [4.69, 9.17) is 0 Å². The molecule has 1 aliphatic carbocycles. The van der Waals surface area contributed by atoms with E-state index in [1.807, 2.05) is 0 Å². The van der Waals surface area contributed by atoms with E-state index in [0.29, 0.717) is 24.8 Å². The maximum Gasteiger partial charge on any atom is 0.271 e. The van der Waals surface area contributed by atoms with Gasteiger partial charge in [-0.05, 0) is 32.6 Å². The Bertz CT molecular complexity index is 909. The van der Waals surface area contributed by atoms with Gasteiger partial charge in [-0.15, -0.1) is 6.58 Å². The van der Waals surface area contributed by atoms with Crippen LogP contribution in [-0.2, 0) is 14.6 Å². The van der Waals surface area contributed by atoms with Gasteiger partial charge in [0, 0.05) is 31.6 Å². The Kier molecular flexibility index (Phi) is 10.7. The van der Waals surface area contributed by atoms with Gasteiger partial charge in [0.05, 0.1) is 23.4 Å². The molecule has 1 saturated heterocycles. The fraction of sp³-hybridized carbons (Fsp3) is 0.591. The summed E-state index contributed by atoms with van der Waals surface area (Å²) in [7, 11) is -2.87. The van der Waals surface area contributed by atoms with Gasteiger partial charge in [0.25, 0.3) is 5.91 Å². The molecule has 3 N–H and O–H groups in total. The number of sulfone groups is 1. The highest BCUT2D eigenvalue weighted by atomic mass is 32.2. The summed E-state index contributed by atoms with van der Waals surface area (Å²) >= 11 is 0. The number of carbonyl (C=O) groups excluding carboxylic acids is 2. The summed E-state index contributed by atoms with van der Waals surface area (Å²) in [5, 5.41) is 12.1. The zero-order chi connectivity index (χ0) is 24.3. The molecule has 0 radical (unpaired) electrons. The van der Waals surface area contributed by atoms with Gasteiger partial charge in [-0.25, -0.2) is 12.8 Å². The first-order chi connectivity index (χ1) is 15.8. The molecule has 1 aliphatic heterocycles. The highest BCUT2D eigenvalue weighted by molar-refractivity contribution is 7.91. The molecule has 9 nitrogen and oxygen atoms in total. The number of rotatable bonds is 7. The number of alkyl halides is 1. The van der Waals surface area contributed by atoms with Crippen LogP contribution in [0.1, 0.15) is 49.5 Å². The van der Waals surface area contributed by atoms with Crippen LogP contribution < -0.4 is 10.6 Å². The monoisotopic (exact) mass is 483 g/mol. The molecule has 0 atom stereocenters. The smallest absolute Gasteiger partial charge is 0.271 e. The average Bonchev–Trinajstić information content (AvgIpc) is 3.24. The van der Waals surface area contributed by atoms with E-state index in [-0.39, 0.29) is 48.2 Å². The minimum absolute atomic E-state index is 0.0531. The third-order valence-corrected chi connectivity index (χ3v) is 7.33. The quantitative estimate of drug-likeness (QED) is 0.511. The van der Waals surface area contributed by atoms with Crippen LogP contribution in [-0.4, -0.2) is 78.7 Å². The summed E-state index contributed by atoms with van der Waals surface area (Å²) in [5.41, 5.74) is 0.591. The van der Waals surface area contributed by atoms with Crippen molar-refractivity contribution in [3.8, 4) is 0 Å². The molecule has 2 heterocycles. The number of aromatic amines is 1. The summed E-state index contributed by atoms with van der Waals surface area (Å²) in [6.45, 7) is 6.18. The molecule has 1 saturated carbocycles. The second-order valence-corrected chi connectivity index (χ2v) is 10.4. The van der Waals surface area contributed by atoms with E-state index in [0.717, 1.165) is 25.7 Å². The molecule has 33 heavy (non-hydrogen) atoms. The van der Waals surface area contributed by atoms with E-state index in [2.05, 4.69) is 32.3 Å². The summed E-state index contributed by atoms with van der Waals surface area (Å²) in [6, 6.07) is 0.432. The first kappa shape index (κ1) is 26.7. The molecule has 2 fully saturated rings. The predicted octanol–water partition coefficient (Wildman–Crippen LogP) is 2.23. The molecule has 184 valence electrons. The topological polar surface area (TPSA) is 124 Å². The van der Waals surface area contributed by atoms with Crippen molar-refractivity contribution in [2.24, 2.45) is 0 Å². The van der Waals surface area contributed by atoms with Crippen LogP contribution >= 0.6 is 0 Å². The van der Waals surface area contributed by atoms with Crippen molar-refractivity contribution in [1.29, 1.82) is 0 Å². The Labute approximate surface area is 194 Å². The first-order valence-corrected chi connectivity index (χ1v) is 13.0. The number of anilines is 1. The molecular weight excluding hydrogens is 449 g/mol. The Morgan fingerprint density at radius 3 is 2.48 bits per heavy atom. The number of hydrogen-bond acceptors (Lipinski definition) is 6. The number of aromatic nitrogens is 2. The lowest BCUT2D eigenvalue weighted by molar-refractivity contribution is -0.115. The standard InChI is InChI=1S/C18H27N5O4S.C4H7F/c1-2-3-16(24)21-15-12-19-22-17(15)18(25)20-13-4-6-14(7-5-13)23-8-10-28(26,27)11-9-23;1-2-3-4-5/h2,12-14H,1,3-11H2,(H,19,22)(H,20,25)(H,21,24);2-3H,4H2,1H3/b;3-2-. The lowest BCUT2D eigenvalue weighted by Crippen LogP contribution is -2.49. The number of hydrogen-bond donors (Lipinski definition) is 3. The molecule has 2 aliphatic rings. The number of allylic oxidation sites excluding steroid dienone is 2. The number of nitrogens with zero attached hydrogens (tertiary/aromatic N) is 2. The third-order valence-electron chi connectivity index (χ3n) is 5.72. The molecule has 1 aromatic rings. The van der Waals surface area contributed by atoms with Crippen LogP contribution in [0.3, 0.4) is 0 Å². The highest BCUT2D eigenvalue weighted by Gasteiger charge is 2.31. The zero-order valence-corrected chi connectivity index (χ0v) is 19.9. The molecule has 2 amide bonds. The van der Waals surface area contributed by atoms with Crippen molar-refractivity contribution in [3.63, 3.8) is 0 Å². The van der Waals surface area contributed by atoms with E-state index < -0.39 is 9.84 Å². The van der Waals surface area contributed by atoms with Crippen LogP contribution in [0.25, 0.3) is 0 Å². The van der Waals surface area contributed by atoms with Gasteiger partial charge < -0.3 is 10.6 Å². The largest absolute Gasteiger partial charge is 0.348 e. The van der Waals surface area contributed by atoms with Crippen molar-refractivity contribution in [1.82, 2.24) is 20.4 Å². The Morgan fingerprint density at radius 2 is 1.94 bits per heavy atom. The normalized spacial score (nSPS) is 22.7. The van der Waals surface area contributed by atoms with Gasteiger partial charge >= 0.3 is 0 Å². The SMILES string of the molecule is C/C=C\CF.C=CCC(=O)Nc1cn[nH]c1C(=O)NC1CCC(N2CCS(=O)(=O)CC2)CC1. The fourth-order valence-corrected chi connectivity index (χ4v) is 5.14. The minimum Gasteiger partial charge on any atom is -0.348 e. The van der Waals surface area contributed by atoms with Crippen molar-refractivity contribution in [2.45, 2.75) is 51.1 Å². The van der Waals surface area contributed by atoms with Gasteiger partial charge in [-0.3, -0.25) is 19.6 Å². The van der Waals surface area contributed by atoms with Gasteiger partial charge in [0.2, 0.25) is 5.91 Å². The zero-order valence-electron chi connectivity index (χ0n) is 19.1.